The van der Waals surface area contributed by atoms with Gasteiger partial charge in [0, 0.05) is 31.3 Å². The van der Waals surface area contributed by atoms with Gasteiger partial charge in [0.05, 0.1) is 0 Å². The fraction of sp³-hybridized carbons (Fsp3) is 0.462. The van der Waals surface area contributed by atoms with Crippen molar-refractivity contribution in [3.05, 3.63) is 29.8 Å². The molecule has 0 fully saturated rings. The fourth-order valence-corrected chi connectivity index (χ4v) is 2.16. The number of amides is 1. The third kappa shape index (κ3) is 3.23. The largest absolute Gasteiger partial charge is 0.374 e. The lowest BCUT2D eigenvalue weighted by atomic mass is 10.1. The smallest absolute Gasteiger partial charge is 0.216 e. The summed E-state index contributed by atoms with van der Waals surface area (Å²) in [6, 6.07) is 7.32. The Labute approximate surface area is 112 Å². The van der Waals surface area contributed by atoms with Crippen LogP contribution < -0.4 is 10.6 Å². The summed E-state index contributed by atoms with van der Waals surface area (Å²) < 4.78 is 0. The van der Waals surface area contributed by atoms with Crippen LogP contribution in [0.25, 0.3) is 0 Å². The summed E-state index contributed by atoms with van der Waals surface area (Å²) in [6.45, 7) is 2.46. The highest BCUT2D eigenvalue weighted by atomic mass is 16.3. The zero-order chi connectivity index (χ0) is 13.8. The van der Waals surface area contributed by atoms with Crippen LogP contribution >= 0.6 is 0 Å². The van der Waals surface area contributed by atoms with E-state index in [9.17, 15) is 15.0 Å². The molecule has 1 aliphatic heterocycles. The number of carbonyl (C=O) groups is 1. The molecule has 1 amide bonds. The van der Waals surface area contributed by atoms with Gasteiger partial charge in [-0.15, -0.1) is 0 Å². The predicted molar refractivity (Wildman–Crippen MR) is 71.0 cm³/mol. The molecule has 2 atom stereocenters. The number of carbonyl (C=O) groups excluding carboxylic acids is 1. The monoisotopic (exact) mass is 265 g/mol. The summed E-state index contributed by atoms with van der Waals surface area (Å²) in [5.41, 5.74) is 1.48. The second kappa shape index (κ2) is 6.01. The van der Waals surface area contributed by atoms with E-state index in [0.29, 0.717) is 19.5 Å². The first-order chi connectivity index (χ1) is 9.09. The molecule has 0 aromatic heterocycles. The molecule has 4 N–H and O–H groups in total. The molecule has 1 aliphatic rings. The number of hydrogen-bond donors (Lipinski definition) is 4. The fourth-order valence-electron chi connectivity index (χ4n) is 2.16. The van der Waals surface area contributed by atoms with Gasteiger partial charge in [-0.1, -0.05) is 18.2 Å². The lowest BCUT2D eigenvalue weighted by Gasteiger charge is -2.38. The first kappa shape index (κ1) is 13.8. The van der Waals surface area contributed by atoms with Crippen LogP contribution in [0, 0.1) is 0 Å². The Morgan fingerprint density at radius 1 is 1.42 bits per heavy atom. The number of aliphatic hydroxyl groups excluding tert-OH is 2. The molecule has 6 nitrogen and oxygen atoms in total. The molecule has 0 spiro atoms. The maximum absolute atomic E-state index is 10.8. The number of hydrogen-bond acceptors (Lipinski definition) is 5. The van der Waals surface area contributed by atoms with Crippen molar-refractivity contribution in [1.82, 2.24) is 10.2 Å². The molecule has 0 saturated carbocycles. The van der Waals surface area contributed by atoms with Crippen molar-refractivity contribution in [1.29, 1.82) is 0 Å². The van der Waals surface area contributed by atoms with Crippen molar-refractivity contribution in [2.75, 3.05) is 18.4 Å². The molecule has 0 saturated heterocycles. The average molecular weight is 265 g/mol. The summed E-state index contributed by atoms with van der Waals surface area (Å²) >= 11 is 0. The van der Waals surface area contributed by atoms with Crippen LogP contribution in [0.2, 0.25) is 0 Å². The van der Waals surface area contributed by atoms with Crippen molar-refractivity contribution in [3.63, 3.8) is 0 Å². The number of benzene rings is 1. The highest BCUT2D eigenvalue weighted by molar-refractivity contribution is 5.72. The zero-order valence-electron chi connectivity index (χ0n) is 10.8. The second-order valence-electron chi connectivity index (χ2n) is 4.55. The van der Waals surface area contributed by atoms with Crippen molar-refractivity contribution < 1.29 is 15.0 Å². The minimum Gasteiger partial charge on any atom is -0.374 e. The number of aliphatic hydroxyl groups is 2. The molecule has 0 bridgehead atoms. The maximum atomic E-state index is 10.8. The van der Waals surface area contributed by atoms with Crippen LogP contribution in [0.5, 0.6) is 0 Å². The van der Waals surface area contributed by atoms with E-state index in [4.69, 9.17) is 0 Å². The number of rotatable bonds is 4. The van der Waals surface area contributed by atoms with Crippen LogP contribution in [-0.2, 0) is 4.79 Å². The Kier molecular flexibility index (Phi) is 4.36. The van der Waals surface area contributed by atoms with Gasteiger partial charge in [-0.2, -0.15) is 0 Å². The average Bonchev–Trinajstić information content (AvgIpc) is 2.37. The van der Waals surface area contributed by atoms with Gasteiger partial charge < -0.3 is 20.8 Å². The van der Waals surface area contributed by atoms with Crippen LogP contribution in [0.1, 0.15) is 25.1 Å². The number of para-hydroxylation sites is 1. The molecule has 1 aromatic carbocycles. The second-order valence-corrected chi connectivity index (χ2v) is 4.55. The van der Waals surface area contributed by atoms with E-state index >= 15 is 0 Å². The number of nitrogens with one attached hydrogen (secondary N) is 2. The lowest BCUT2D eigenvalue weighted by molar-refractivity contribution is -0.119. The minimum absolute atomic E-state index is 0.0804. The molecule has 2 unspecified atom stereocenters. The van der Waals surface area contributed by atoms with Gasteiger partial charge in [-0.25, -0.2) is 4.90 Å². The molecule has 6 heteroatoms. The molecule has 2 rings (SSSR count). The van der Waals surface area contributed by atoms with E-state index in [1.54, 1.807) is 4.90 Å². The summed E-state index contributed by atoms with van der Waals surface area (Å²) in [5, 5.41) is 25.8. The van der Waals surface area contributed by atoms with Crippen molar-refractivity contribution in [2.45, 2.75) is 25.9 Å². The van der Waals surface area contributed by atoms with Gasteiger partial charge in [0.25, 0.3) is 0 Å². The molecular formula is C13H19N3O3. The summed E-state index contributed by atoms with van der Waals surface area (Å²) in [4.78, 5) is 12.3. The normalized spacial score (nSPS) is 22.5. The van der Waals surface area contributed by atoms with E-state index in [1.165, 1.54) is 6.92 Å². The van der Waals surface area contributed by atoms with Crippen molar-refractivity contribution in [3.8, 4) is 0 Å². The molecule has 1 heterocycles. The van der Waals surface area contributed by atoms with E-state index in [-0.39, 0.29) is 5.91 Å². The molecular weight excluding hydrogens is 246 g/mol. The topological polar surface area (TPSA) is 84.8 Å². The standard InChI is InChI=1S/C13H19N3O3/c1-9(17)14-7-4-8-16-12(18)10-5-2-3-6-11(10)15-13(16)19/h2-3,5-6,12-13,15,18-19H,4,7-8H2,1H3,(H,14,17). The Balaban J connectivity index is 1.96. The van der Waals surface area contributed by atoms with E-state index in [0.717, 1.165) is 11.3 Å². The lowest BCUT2D eigenvalue weighted by Crippen LogP contribution is -2.47. The summed E-state index contributed by atoms with van der Waals surface area (Å²) in [7, 11) is 0. The molecule has 1 aromatic rings. The van der Waals surface area contributed by atoms with E-state index < -0.39 is 12.6 Å². The van der Waals surface area contributed by atoms with Crippen LogP contribution in [0.4, 0.5) is 5.69 Å². The van der Waals surface area contributed by atoms with Gasteiger partial charge >= 0.3 is 0 Å². The van der Waals surface area contributed by atoms with Crippen LogP contribution in [0.3, 0.4) is 0 Å². The molecule has 104 valence electrons. The van der Waals surface area contributed by atoms with Crippen molar-refractivity contribution >= 4 is 11.6 Å². The number of anilines is 1. The predicted octanol–water partition coefficient (Wildman–Crippen LogP) is 0.207. The molecule has 19 heavy (non-hydrogen) atoms. The van der Waals surface area contributed by atoms with Gasteiger partial charge in [0.15, 0.2) is 6.35 Å². The quantitative estimate of drug-likeness (QED) is 0.585. The van der Waals surface area contributed by atoms with Gasteiger partial charge in [0.2, 0.25) is 5.91 Å². The van der Waals surface area contributed by atoms with Gasteiger partial charge in [-0.3, -0.25) is 4.79 Å². The Morgan fingerprint density at radius 3 is 2.89 bits per heavy atom. The molecule has 0 radical (unpaired) electrons. The highest BCUT2D eigenvalue weighted by Crippen LogP contribution is 2.31. The highest BCUT2D eigenvalue weighted by Gasteiger charge is 2.30. The van der Waals surface area contributed by atoms with E-state index in [2.05, 4.69) is 10.6 Å². The number of nitrogens with zero attached hydrogens (tertiary/aromatic N) is 1. The Morgan fingerprint density at radius 2 is 2.16 bits per heavy atom. The summed E-state index contributed by atoms with van der Waals surface area (Å²) in [5.74, 6) is -0.0804. The Bertz CT molecular complexity index is 453. The van der Waals surface area contributed by atoms with Gasteiger partial charge in [-0.05, 0) is 12.5 Å². The Hall–Kier alpha value is -1.63. The minimum atomic E-state index is -0.928. The number of fused-ring (bicyclic) bond motifs is 1. The first-order valence-corrected chi connectivity index (χ1v) is 6.31. The SMILES string of the molecule is CC(=O)NCCCN1C(O)Nc2ccccc2C1O. The van der Waals surface area contributed by atoms with Crippen LogP contribution in [0.15, 0.2) is 24.3 Å². The third-order valence-corrected chi connectivity index (χ3v) is 3.12. The first-order valence-electron chi connectivity index (χ1n) is 6.31. The van der Waals surface area contributed by atoms with E-state index in [1.807, 2.05) is 24.3 Å². The third-order valence-electron chi connectivity index (χ3n) is 3.12. The van der Waals surface area contributed by atoms with Gasteiger partial charge in [0.1, 0.15) is 6.23 Å². The van der Waals surface area contributed by atoms with Crippen molar-refractivity contribution in [2.24, 2.45) is 0 Å². The summed E-state index contributed by atoms with van der Waals surface area (Å²) in [6.07, 6.45) is -1.12. The van der Waals surface area contributed by atoms with Crippen LogP contribution in [-0.4, -0.2) is 40.5 Å². The zero-order valence-corrected chi connectivity index (χ0v) is 10.8. The maximum Gasteiger partial charge on any atom is 0.216 e. The molecule has 0 aliphatic carbocycles.